The Labute approximate surface area is 231 Å². The molecule has 0 aliphatic carbocycles. The zero-order valence-electron chi connectivity index (χ0n) is 22.9. The van der Waals surface area contributed by atoms with Gasteiger partial charge in [-0.2, -0.15) is 0 Å². The smallest absolute Gasteiger partial charge is 0.123 e. The number of nitrogens with one attached hydrogen (secondary N) is 2. The van der Waals surface area contributed by atoms with Crippen LogP contribution >= 0.6 is 11.8 Å². The molecule has 3 aromatic rings. The number of aromatic nitrogens is 1. The van der Waals surface area contributed by atoms with Crippen LogP contribution < -0.4 is 21.2 Å². The van der Waals surface area contributed by atoms with Gasteiger partial charge in [-0.3, -0.25) is 4.98 Å². The number of nitrogens with zero attached hydrogens (tertiary/aromatic N) is 1. The van der Waals surface area contributed by atoms with E-state index in [1.165, 1.54) is 22.2 Å². The zero-order valence-corrected chi connectivity index (χ0v) is 23.8. The number of pyridine rings is 1. The monoisotopic (exact) mass is 529 g/mol. The summed E-state index contributed by atoms with van der Waals surface area (Å²) in [5, 5.41) is 9.81. The van der Waals surface area contributed by atoms with E-state index >= 15 is 0 Å². The summed E-state index contributed by atoms with van der Waals surface area (Å²) in [6.45, 7) is 16.3. The molecule has 0 saturated carbocycles. The Morgan fingerprint density at radius 2 is 1.87 bits per heavy atom. The normalized spacial score (nSPS) is 13.4. The van der Waals surface area contributed by atoms with E-state index in [4.69, 9.17) is 0 Å². The first-order chi connectivity index (χ1) is 18.5. The Morgan fingerprint density at radius 3 is 2.68 bits per heavy atom. The number of halogens is 1. The molecule has 0 unspecified atom stereocenters. The maximum absolute atomic E-state index is 13.7. The Morgan fingerprint density at radius 1 is 1.05 bits per heavy atom. The SMILES string of the molecule is C=C(/C=c1/cccn/c1=C(/C)c1cccc(F)c1)CCCCCNCCc1cccc2c1SC(=C)N2.CC. The van der Waals surface area contributed by atoms with E-state index in [0.29, 0.717) is 0 Å². The lowest BCUT2D eigenvalue weighted by molar-refractivity contribution is 0.603. The molecule has 5 heteroatoms. The highest BCUT2D eigenvalue weighted by Crippen LogP contribution is 2.42. The third-order valence-electron chi connectivity index (χ3n) is 6.33. The second-order valence-electron chi connectivity index (χ2n) is 9.13. The number of hydrogen-bond acceptors (Lipinski definition) is 4. The van der Waals surface area contributed by atoms with Gasteiger partial charge in [0.1, 0.15) is 5.82 Å². The van der Waals surface area contributed by atoms with Crippen LogP contribution in [-0.4, -0.2) is 18.1 Å². The van der Waals surface area contributed by atoms with E-state index in [2.05, 4.69) is 53.1 Å². The third kappa shape index (κ3) is 8.44. The molecule has 1 aliphatic rings. The molecular formula is C33H40FN3S. The molecule has 0 amide bonds. The van der Waals surface area contributed by atoms with E-state index in [0.717, 1.165) is 77.5 Å². The highest BCUT2D eigenvalue weighted by Gasteiger charge is 2.17. The van der Waals surface area contributed by atoms with Gasteiger partial charge in [0.2, 0.25) is 0 Å². The predicted molar refractivity (Wildman–Crippen MR) is 163 cm³/mol. The third-order valence-corrected chi connectivity index (χ3v) is 7.36. The van der Waals surface area contributed by atoms with Gasteiger partial charge in [-0.25, -0.2) is 4.39 Å². The van der Waals surface area contributed by atoms with Gasteiger partial charge in [-0.1, -0.05) is 87.2 Å². The molecule has 0 atom stereocenters. The maximum Gasteiger partial charge on any atom is 0.123 e. The Balaban J connectivity index is 0.00000195. The van der Waals surface area contributed by atoms with Crippen molar-refractivity contribution in [2.75, 3.05) is 18.4 Å². The minimum absolute atomic E-state index is 0.238. The molecular weight excluding hydrogens is 489 g/mol. The fraction of sp³-hybridized carbons (Fsp3) is 0.303. The van der Waals surface area contributed by atoms with Crippen molar-refractivity contribution in [3.8, 4) is 0 Å². The second-order valence-corrected chi connectivity index (χ2v) is 10.2. The fourth-order valence-electron chi connectivity index (χ4n) is 4.42. The van der Waals surface area contributed by atoms with Crippen molar-refractivity contribution in [2.24, 2.45) is 0 Å². The lowest BCUT2D eigenvalue weighted by Gasteiger charge is -2.08. The predicted octanol–water partition coefficient (Wildman–Crippen LogP) is 7.18. The van der Waals surface area contributed by atoms with E-state index < -0.39 is 0 Å². The molecule has 0 spiro atoms. The van der Waals surface area contributed by atoms with Gasteiger partial charge in [0.05, 0.1) is 16.1 Å². The average Bonchev–Trinajstić information content (AvgIpc) is 3.32. The molecule has 4 rings (SSSR count). The summed E-state index contributed by atoms with van der Waals surface area (Å²) in [5.41, 5.74) is 5.46. The summed E-state index contributed by atoms with van der Waals surface area (Å²) in [6.07, 6.45) is 9.29. The lowest BCUT2D eigenvalue weighted by Crippen LogP contribution is -2.30. The molecule has 2 aromatic carbocycles. The minimum Gasteiger partial charge on any atom is -0.350 e. The van der Waals surface area contributed by atoms with Crippen LogP contribution in [0.4, 0.5) is 10.1 Å². The van der Waals surface area contributed by atoms with Crippen molar-refractivity contribution in [2.45, 2.75) is 57.8 Å². The van der Waals surface area contributed by atoms with Gasteiger partial charge in [-0.05, 0) is 86.7 Å². The van der Waals surface area contributed by atoms with E-state index in [9.17, 15) is 4.39 Å². The maximum atomic E-state index is 13.7. The summed E-state index contributed by atoms with van der Waals surface area (Å²) in [4.78, 5) is 5.89. The van der Waals surface area contributed by atoms with Crippen LogP contribution in [0.3, 0.4) is 0 Å². The van der Waals surface area contributed by atoms with Crippen LogP contribution in [0.25, 0.3) is 11.6 Å². The molecule has 0 fully saturated rings. The average molecular weight is 530 g/mol. The summed E-state index contributed by atoms with van der Waals surface area (Å²) >= 11 is 1.73. The largest absolute Gasteiger partial charge is 0.350 e. The molecule has 0 radical (unpaired) electrons. The fourth-order valence-corrected chi connectivity index (χ4v) is 5.36. The van der Waals surface area contributed by atoms with Crippen molar-refractivity contribution in [3.05, 3.63) is 112 Å². The zero-order chi connectivity index (χ0) is 27.3. The molecule has 0 saturated heterocycles. The summed E-state index contributed by atoms with van der Waals surface area (Å²) < 4.78 is 13.7. The first-order valence-corrected chi connectivity index (χ1v) is 14.4. The molecule has 3 nitrogen and oxygen atoms in total. The van der Waals surface area contributed by atoms with Crippen LogP contribution in [0.5, 0.6) is 0 Å². The highest BCUT2D eigenvalue weighted by molar-refractivity contribution is 8.03. The number of allylic oxidation sites excluding steroid dienone is 1. The Bertz CT molecular complexity index is 1360. The molecule has 38 heavy (non-hydrogen) atoms. The van der Waals surface area contributed by atoms with Gasteiger partial charge in [-0.15, -0.1) is 0 Å². The van der Waals surface area contributed by atoms with Crippen LogP contribution in [0.15, 0.2) is 89.4 Å². The number of fused-ring (bicyclic) bond motifs is 1. The van der Waals surface area contributed by atoms with Crippen LogP contribution in [-0.2, 0) is 6.42 Å². The number of unbranched alkanes of at least 4 members (excludes halogenated alkanes) is 2. The van der Waals surface area contributed by atoms with Gasteiger partial charge in [0.25, 0.3) is 0 Å². The van der Waals surface area contributed by atoms with E-state index in [1.54, 1.807) is 30.1 Å². The minimum atomic E-state index is -0.238. The number of anilines is 1. The van der Waals surface area contributed by atoms with E-state index in [1.807, 2.05) is 39.0 Å². The second kappa shape index (κ2) is 15.3. The first-order valence-electron chi connectivity index (χ1n) is 13.5. The molecule has 2 heterocycles. The number of hydrogen-bond donors (Lipinski definition) is 2. The van der Waals surface area contributed by atoms with Gasteiger partial charge < -0.3 is 10.6 Å². The van der Waals surface area contributed by atoms with Crippen molar-refractivity contribution in [1.29, 1.82) is 0 Å². The van der Waals surface area contributed by atoms with Crippen LogP contribution in [0.2, 0.25) is 0 Å². The van der Waals surface area contributed by atoms with Gasteiger partial charge in [0, 0.05) is 16.3 Å². The number of thioether (sulfide) groups is 1. The Hall–Kier alpha value is -3.15. The molecule has 0 bridgehead atoms. The first kappa shape index (κ1) is 29.4. The molecule has 200 valence electrons. The number of benzene rings is 2. The topological polar surface area (TPSA) is 37.0 Å². The summed E-state index contributed by atoms with van der Waals surface area (Å²) in [6, 6.07) is 17.1. The molecule has 1 aliphatic heterocycles. The van der Waals surface area contributed by atoms with Crippen LogP contribution in [0, 0.1) is 5.82 Å². The van der Waals surface area contributed by atoms with Crippen molar-refractivity contribution in [3.63, 3.8) is 0 Å². The van der Waals surface area contributed by atoms with Gasteiger partial charge >= 0.3 is 0 Å². The Kier molecular flexibility index (Phi) is 11.8. The van der Waals surface area contributed by atoms with Crippen molar-refractivity contribution >= 4 is 29.1 Å². The van der Waals surface area contributed by atoms with Crippen LogP contribution in [0.1, 0.15) is 57.6 Å². The highest BCUT2D eigenvalue weighted by atomic mass is 32.2. The van der Waals surface area contributed by atoms with Crippen molar-refractivity contribution in [1.82, 2.24) is 10.3 Å². The lowest BCUT2D eigenvalue weighted by atomic mass is 10.0. The van der Waals surface area contributed by atoms with E-state index in [-0.39, 0.29) is 5.82 Å². The standard InChI is InChI=1S/C31H34FN3S.C2H6/c1-22(20-27-13-9-18-34-30(27)23(2)26-12-7-14-28(32)21-26)10-5-4-6-17-33-19-16-25-11-8-15-29-31(25)36-24(3)35-29;1-2/h7-9,11-15,18,20-21,33,35H,1,3-6,10,16-17,19H2,2H3;1-2H3/b27-20-,30-23-;. The quantitative estimate of drug-likeness (QED) is 0.258. The van der Waals surface area contributed by atoms with Gasteiger partial charge in [0.15, 0.2) is 0 Å². The molecule has 2 N–H and O–H groups in total. The molecule has 1 aromatic heterocycles. The summed E-state index contributed by atoms with van der Waals surface area (Å²) in [5.74, 6) is -0.238. The number of rotatable bonds is 11. The summed E-state index contributed by atoms with van der Waals surface area (Å²) in [7, 11) is 0. The van der Waals surface area contributed by atoms with Crippen molar-refractivity contribution < 1.29 is 4.39 Å².